The van der Waals surface area contributed by atoms with Crippen LogP contribution in [0.3, 0.4) is 0 Å². The van der Waals surface area contributed by atoms with Gasteiger partial charge >= 0.3 is 0 Å². The summed E-state index contributed by atoms with van der Waals surface area (Å²) in [5, 5.41) is 0. The molecule has 3 rings (SSSR count). The number of anilines is 2. The number of amides is 1. The molecule has 27 heavy (non-hydrogen) atoms. The summed E-state index contributed by atoms with van der Waals surface area (Å²) in [4.78, 5) is 21.7. The Morgan fingerprint density at radius 2 is 1.48 bits per heavy atom. The van der Waals surface area contributed by atoms with Gasteiger partial charge in [-0.05, 0) is 36.9 Å². The van der Waals surface area contributed by atoms with Crippen molar-refractivity contribution in [1.29, 1.82) is 0 Å². The molecule has 0 unspecified atom stereocenters. The van der Waals surface area contributed by atoms with Gasteiger partial charge in [-0.25, -0.2) is 0 Å². The number of carbonyl (C=O) groups is 1. The number of carbonyl (C=O) groups excluding carboxylic acids is 1. The predicted molar refractivity (Wildman–Crippen MR) is 112 cm³/mol. The van der Waals surface area contributed by atoms with E-state index < -0.39 is 0 Å². The third-order valence-electron chi connectivity index (χ3n) is 5.12. The molecule has 0 aromatic heterocycles. The maximum absolute atomic E-state index is 13.2. The average Bonchev–Trinajstić information content (AvgIpc) is 2.69. The van der Waals surface area contributed by atoms with Gasteiger partial charge in [0.05, 0.1) is 13.1 Å². The van der Waals surface area contributed by atoms with E-state index >= 15 is 0 Å². The first-order valence-corrected chi connectivity index (χ1v) is 9.55. The normalized spacial score (nSPS) is 15.5. The number of hydrogen-bond donors (Lipinski definition) is 0. The number of likely N-dealkylation sites (N-methyl/N-ethyl adjacent to an activating group) is 1. The van der Waals surface area contributed by atoms with E-state index in [-0.39, 0.29) is 5.91 Å². The molecule has 144 valence electrons. The zero-order valence-corrected chi connectivity index (χ0v) is 16.6. The van der Waals surface area contributed by atoms with E-state index in [0.29, 0.717) is 13.1 Å². The van der Waals surface area contributed by atoms with E-state index in [1.54, 1.807) is 0 Å². The molecule has 5 nitrogen and oxygen atoms in total. The van der Waals surface area contributed by atoms with Gasteiger partial charge in [-0.15, -0.1) is 0 Å². The highest BCUT2D eigenvalue weighted by molar-refractivity contribution is 5.94. The van der Waals surface area contributed by atoms with E-state index in [2.05, 4.69) is 46.0 Å². The highest BCUT2D eigenvalue weighted by atomic mass is 16.2. The summed E-state index contributed by atoms with van der Waals surface area (Å²) in [7, 11) is 6.18. The largest absolute Gasteiger partial charge is 0.378 e. The molecule has 1 saturated heterocycles. The van der Waals surface area contributed by atoms with Crippen LogP contribution in [0.25, 0.3) is 0 Å². The van der Waals surface area contributed by atoms with Gasteiger partial charge < -0.3 is 14.7 Å². The first-order valence-electron chi connectivity index (χ1n) is 9.55. The van der Waals surface area contributed by atoms with Crippen molar-refractivity contribution < 1.29 is 4.79 Å². The Kier molecular flexibility index (Phi) is 6.48. The number of piperazine rings is 1. The van der Waals surface area contributed by atoms with E-state index in [1.807, 2.05) is 49.3 Å². The van der Waals surface area contributed by atoms with Crippen molar-refractivity contribution in [3.63, 3.8) is 0 Å². The first kappa shape index (κ1) is 19.4. The van der Waals surface area contributed by atoms with E-state index in [1.165, 1.54) is 0 Å². The van der Waals surface area contributed by atoms with Crippen molar-refractivity contribution in [2.75, 3.05) is 63.7 Å². The van der Waals surface area contributed by atoms with Crippen molar-refractivity contribution in [3.8, 4) is 0 Å². The van der Waals surface area contributed by atoms with Gasteiger partial charge in [-0.3, -0.25) is 9.69 Å². The Bertz CT molecular complexity index is 722. The Morgan fingerprint density at radius 3 is 2.07 bits per heavy atom. The molecule has 1 heterocycles. The second-order valence-electron chi connectivity index (χ2n) is 7.46. The lowest BCUT2D eigenvalue weighted by molar-refractivity contribution is -0.120. The minimum atomic E-state index is 0.154. The van der Waals surface area contributed by atoms with E-state index in [0.717, 1.165) is 43.1 Å². The van der Waals surface area contributed by atoms with E-state index in [4.69, 9.17) is 0 Å². The zero-order chi connectivity index (χ0) is 19.2. The molecule has 0 saturated carbocycles. The summed E-state index contributed by atoms with van der Waals surface area (Å²) in [6.45, 7) is 4.99. The van der Waals surface area contributed by atoms with Crippen LogP contribution >= 0.6 is 0 Å². The topological polar surface area (TPSA) is 30.0 Å². The third kappa shape index (κ3) is 5.31. The quantitative estimate of drug-likeness (QED) is 0.786. The maximum Gasteiger partial charge on any atom is 0.241 e. The third-order valence-corrected chi connectivity index (χ3v) is 5.12. The summed E-state index contributed by atoms with van der Waals surface area (Å²) in [5.74, 6) is 0.154. The van der Waals surface area contributed by atoms with Gasteiger partial charge in [-0.2, -0.15) is 0 Å². The van der Waals surface area contributed by atoms with Crippen molar-refractivity contribution >= 4 is 17.3 Å². The highest BCUT2D eigenvalue weighted by Gasteiger charge is 2.22. The van der Waals surface area contributed by atoms with E-state index in [9.17, 15) is 4.79 Å². The Labute approximate surface area is 162 Å². The molecule has 2 aromatic rings. The van der Waals surface area contributed by atoms with Gasteiger partial charge in [0.1, 0.15) is 0 Å². The minimum absolute atomic E-state index is 0.154. The average molecular weight is 367 g/mol. The van der Waals surface area contributed by atoms with Crippen LogP contribution in [0.2, 0.25) is 0 Å². The number of rotatable bonds is 6. The first-order chi connectivity index (χ1) is 13.0. The van der Waals surface area contributed by atoms with Crippen molar-refractivity contribution in [2.45, 2.75) is 6.54 Å². The van der Waals surface area contributed by atoms with Gasteiger partial charge in [0.2, 0.25) is 5.91 Å². The van der Waals surface area contributed by atoms with Crippen molar-refractivity contribution in [1.82, 2.24) is 9.80 Å². The second-order valence-corrected chi connectivity index (χ2v) is 7.46. The van der Waals surface area contributed by atoms with Gasteiger partial charge in [-0.1, -0.05) is 30.3 Å². The van der Waals surface area contributed by atoms with Gasteiger partial charge in [0.25, 0.3) is 0 Å². The Morgan fingerprint density at radius 1 is 0.889 bits per heavy atom. The summed E-state index contributed by atoms with van der Waals surface area (Å²) in [6, 6.07) is 18.4. The predicted octanol–water partition coefficient (Wildman–Crippen LogP) is 2.53. The molecular formula is C22H30N4O. The van der Waals surface area contributed by atoms with Crippen LogP contribution < -0.4 is 9.80 Å². The molecule has 2 aromatic carbocycles. The van der Waals surface area contributed by atoms with Crippen LogP contribution in [0.5, 0.6) is 0 Å². The molecule has 5 heteroatoms. The zero-order valence-electron chi connectivity index (χ0n) is 16.6. The number of nitrogens with zero attached hydrogens (tertiary/aromatic N) is 4. The molecule has 0 spiro atoms. The number of hydrogen-bond acceptors (Lipinski definition) is 4. The molecule has 1 amide bonds. The summed E-state index contributed by atoms with van der Waals surface area (Å²) in [6.07, 6.45) is 0. The Balaban J connectivity index is 1.77. The van der Waals surface area contributed by atoms with Gasteiger partial charge in [0.15, 0.2) is 0 Å². The molecule has 0 bridgehead atoms. The highest BCUT2D eigenvalue weighted by Crippen LogP contribution is 2.22. The lowest BCUT2D eigenvalue weighted by atomic mass is 10.1. The summed E-state index contributed by atoms with van der Waals surface area (Å²) >= 11 is 0. The molecule has 0 atom stereocenters. The van der Waals surface area contributed by atoms with Crippen LogP contribution in [0.1, 0.15) is 5.56 Å². The molecule has 0 aliphatic carbocycles. The molecule has 0 N–H and O–H groups in total. The van der Waals surface area contributed by atoms with Crippen LogP contribution in [-0.4, -0.2) is 69.6 Å². The van der Waals surface area contributed by atoms with Crippen molar-refractivity contribution in [2.24, 2.45) is 0 Å². The number of benzene rings is 2. The standard InChI is InChI=1S/C22H30N4O/c1-23(2)20-9-11-21(12-10-20)26(17-19-7-5-4-6-8-19)22(27)18-25-15-13-24(3)14-16-25/h4-12H,13-18H2,1-3H3. The smallest absolute Gasteiger partial charge is 0.241 e. The van der Waals surface area contributed by atoms with Crippen LogP contribution in [0.4, 0.5) is 11.4 Å². The molecular weight excluding hydrogens is 336 g/mol. The van der Waals surface area contributed by atoms with Gasteiger partial charge in [0, 0.05) is 51.6 Å². The SMILES string of the molecule is CN1CCN(CC(=O)N(Cc2ccccc2)c2ccc(N(C)C)cc2)CC1. The Hall–Kier alpha value is -2.37. The second kappa shape index (κ2) is 9.02. The lowest BCUT2D eigenvalue weighted by Crippen LogP contribution is -2.48. The molecule has 1 aliphatic heterocycles. The fourth-order valence-electron chi connectivity index (χ4n) is 3.30. The van der Waals surface area contributed by atoms with Crippen LogP contribution in [0.15, 0.2) is 54.6 Å². The minimum Gasteiger partial charge on any atom is -0.378 e. The van der Waals surface area contributed by atoms with Crippen LogP contribution in [-0.2, 0) is 11.3 Å². The monoisotopic (exact) mass is 366 g/mol. The fourth-order valence-corrected chi connectivity index (χ4v) is 3.30. The lowest BCUT2D eigenvalue weighted by Gasteiger charge is -2.33. The summed E-state index contributed by atoms with van der Waals surface area (Å²) in [5.41, 5.74) is 3.22. The molecule has 1 aliphatic rings. The van der Waals surface area contributed by atoms with Crippen LogP contribution in [0, 0.1) is 0 Å². The molecule has 1 fully saturated rings. The summed E-state index contributed by atoms with van der Waals surface area (Å²) < 4.78 is 0. The molecule has 0 radical (unpaired) electrons. The maximum atomic E-state index is 13.2. The fraction of sp³-hybridized carbons (Fsp3) is 0.409. The van der Waals surface area contributed by atoms with Crippen molar-refractivity contribution in [3.05, 3.63) is 60.2 Å².